The van der Waals surface area contributed by atoms with Gasteiger partial charge >= 0.3 is 6.09 Å². The lowest BCUT2D eigenvalue weighted by atomic mass is 9.93. The minimum absolute atomic E-state index is 0.136. The number of aromatic amines is 1. The molecule has 4 N–H and O–H groups in total. The lowest BCUT2D eigenvalue weighted by molar-refractivity contribution is -0.126. The van der Waals surface area contributed by atoms with E-state index in [0.717, 1.165) is 5.56 Å². The molecule has 8 nitrogen and oxygen atoms in total. The van der Waals surface area contributed by atoms with Gasteiger partial charge in [0, 0.05) is 18.3 Å². The van der Waals surface area contributed by atoms with Crippen molar-refractivity contribution in [2.75, 3.05) is 0 Å². The molecular weight excluding hydrogens is 420 g/mol. The lowest BCUT2D eigenvalue weighted by Crippen LogP contribution is -2.48. The molecule has 0 aliphatic rings. The van der Waals surface area contributed by atoms with Crippen molar-refractivity contribution in [2.45, 2.75) is 78.2 Å². The number of hydrogen-bond acceptors (Lipinski definition) is 5. The third-order valence-electron chi connectivity index (χ3n) is 5.29. The Morgan fingerprint density at radius 1 is 1.12 bits per heavy atom. The van der Waals surface area contributed by atoms with Crippen LogP contribution in [-0.4, -0.2) is 44.8 Å². The standard InChI is InChI=1S/C25H38N4O4/c1-16(2)21(22-26-12-13-27-22)29-23(31)17(3)14-20(30)19(15-18-10-8-7-9-11-18)28-24(32)33-25(4,5)6/h7-13,16-17,19-21,30H,14-15H2,1-6H3,(H,26,27)(H,28,32)(H,29,31)/t17-,19+,20+,21+/m1/s1. The summed E-state index contributed by atoms with van der Waals surface area (Å²) in [5.74, 6) is 0.173. The van der Waals surface area contributed by atoms with Crippen molar-refractivity contribution in [1.82, 2.24) is 20.6 Å². The summed E-state index contributed by atoms with van der Waals surface area (Å²) in [4.78, 5) is 32.6. The fourth-order valence-electron chi connectivity index (χ4n) is 3.54. The van der Waals surface area contributed by atoms with E-state index < -0.39 is 29.8 Å². The maximum Gasteiger partial charge on any atom is 0.407 e. The van der Waals surface area contributed by atoms with Gasteiger partial charge in [-0.05, 0) is 45.1 Å². The van der Waals surface area contributed by atoms with Crippen LogP contribution in [0.25, 0.3) is 0 Å². The molecule has 1 heterocycles. The summed E-state index contributed by atoms with van der Waals surface area (Å²) in [6, 6.07) is 8.72. The maximum absolute atomic E-state index is 12.9. The minimum atomic E-state index is -0.945. The Labute approximate surface area is 196 Å². The number of hydrogen-bond donors (Lipinski definition) is 4. The van der Waals surface area contributed by atoms with E-state index in [1.807, 2.05) is 44.2 Å². The van der Waals surface area contributed by atoms with Crippen molar-refractivity contribution in [2.24, 2.45) is 11.8 Å². The van der Waals surface area contributed by atoms with Crippen LogP contribution in [0.3, 0.4) is 0 Å². The van der Waals surface area contributed by atoms with E-state index >= 15 is 0 Å². The van der Waals surface area contributed by atoms with Crippen molar-refractivity contribution in [3.63, 3.8) is 0 Å². The average molecular weight is 459 g/mol. The van der Waals surface area contributed by atoms with Crippen molar-refractivity contribution in [3.05, 3.63) is 54.1 Å². The third-order valence-corrected chi connectivity index (χ3v) is 5.29. The molecular formula is C25H38N4O4. The van der Waals surface area contributed by atoms with E-state index in [2.05, 4.69) is 20.6 Å². The zero-order valence-electron chi connectivity index (χ0n) is 20.5. The van der Waals surface area contributed by atoms with E-state index in [1.54, 1.807) is 40.1 Å². The van der Waals surface area contributed by atoms with Gasteiger partial charge in [0.2, 0.25) is 5.91 Å². The molecule has 2 rings (SSSR count). The van der Waals surface area contributed by atoms with Gasteiger partial charge in [0.1, 0.15) is 11.4 Å². The molecule has 0 saturated carbocycles. The Balaban J connectivity index is 2.06. The molecule has 0 radical (unpaired) electrons. The molecule has 0 unspecified atom stereocenters. The zero-order valence-corrected chi connectivity index (χ0v) is 20.5. The van der Waals surface area contributed by atoms with Gasteiger partial charge in [0.05, 0.1) is 18.2 Å². The van der Waals surface area contributed by atoms with Gasteiger partial charge in [0.25, 0.3) is 0 Å². The minimum Gasteiger partial charge on any atom is -0.444 e. The molecule has 0 fully saturated rings. The first-order chi connectivity index (χ1) is 15.5. The highest BCUT2D eigenvalue weighted by Gasteiger charge is 2.29. The number of aromatic nitrogens is 2. The maximum atomic E-state index is 12.9. The van der Waals surface area contributed by atoms with Crippen molar-refractivity contribution in [1.29, 1.82) is 0 Å². The number of rotatable bonds is 10. The molecule has 8 heteroatoms. The number of nitrogens with one attached hydrogen (secondary N) is 3. The normalized spacial score (nSPS) is 15.4. The zero-order chi connectivity index (χ0) is 24.6. The van der Waals surface area contributed by atoms with E-state index in [1.165, 1.54) is 0 Å². The summed E-state index contributed by atoms with van der Waals surface area (Å²) < 4.78 is 5.38. The molecule has 1 aromatic carbocycles. The van der Waals surface area contributed by atoms with Crippen LogP contribution in [-0.2, 0) is 16.0 Å². The first-order valence-electron chi connectivity index (χ1n) is 11.5. The highest BCUT2D eigenvalue weighted by molar-refractivity contribution is 5.78. The van der Waals surface area contributed by atoms with Crippen molar-refractivity contribution < 1.29 is 19.4 Å². The number of nitrogens with zero attached hydrogens (tertiary/aromatic N) is 1. The quantitative estimate of drug-likeness (QED) is 0.433. The number of amides is 2. The first-order valence-corrected chi connectivity index (χ1v) is 11.5. The number of aliphatic hydroxyl groups is 1. The van der Waals surface area contributed by atoms with E-state index in [9.17, 15) is 14.7 Å². The number of aliphatic hydroxyl groups excluding tert-OH is 1. The molecule has 0 aliphatic carbocycles. The highest BCUT2D eigenvalue weighted by Crippen LogP contribution is 2.20. The first kappa shape index (κ1) is 26.4. The number of carbonyl (C=O) groups is 2. The SMILES string of the molecule is CC(C)[C@H](NC(=O)[C@H](C)C[C@H](O)[C@H](Cc1ccccc1)NC(=O)OC(C)(C)C)c1ncc[nH]1. The second-order valence-corrected chi connectivity index (χ2v) is 9.85. The van der Waals surface area contributed by atoms with Crippen LogP contribution >= 0.6 is 0 Å². The third kappa shape index (κ3) is 8.88. The molecule has 0 spiro atoms. The number of H-pyrrole nitrogens is 1. The molecule has 4 atom stereocenters. The van der Waals surface area contributed by atoms with Crippen LogP contribution in [0.1, 0.15) is 65.4 Å². The number of alkyl carbamates (subject to hydrolysis) is 1. The summed E-state index contributed by atoms with van der Waals surface area (Å²) in [6.07, 6.45) is 2.43. The van der Waals surface area contributed by atoms with Gasteiger partial charge in [-0.15, -0.1) is 0 Å². The topological polar surface area (TPSA) is 116 Å². The van der Waals surface area contributed by atoms with Gasteiger partial charge in [-0.1, -0.05) is 51.1 Å². The smallest absolute Gasteiger partial charge is 0.407 e. The van der Waals surface area contributed by atoms with Crippen LogP contribution < -0.4 is 10.6 Å². The average Bonchev–Trinajstić information content (AvgIpc) is 3.24. The second kappa shape index (κ2) is 11.8. The van der Waals surface area contributed by atoms with Crippen LogP contribution in [0.5, 0.6) is 0 Å². The number of ether oxygens (including phenoxy) is 1. The lowest BCUT2D eigenvalue weighted by Gasteiger charge is -2.29. The highest BCUT2D eigenvalue weighted by atomic mass is 16.6. The summed E-state index contributed by atoms with van der Waals surface area (Å²) in [5, 5.41) is 16.8. The number of imidazole rings is 1. The molecule has 2 aromatic rings. The summed E-state index contributed by atoms with van der Waals surface area (Å²) in [6.45, 7) is 11.1. The van der Waals surface area contributed by atoms with Gasteiger partial charge in [-0.2, -0.15) is 0 Å². The van der Waals surface area contributed by atoms with Crippen LogP contribution in [0.15, 0.2) is 42.7 Å². The Morgan fingerprint density at radius 3 is 2.33 bits per heavy atom. The van der Waals surface area contributed by atoms with E-state index in [4.69, 9.17) is 4.74 Å². The van der Waals surface area contributed by atoms with Crippen molar-refractivity contribution >= 4 is 12.0 Å². The Bertz CT molecular complexity index is 862. The Hall–Kier alpha value is -2.87. The molecule has 1 aromatic heterocycles. The van der Waals surface area contributed by atoms with Gasteiger partial charge < -0.3 is 25.5 Å². The van der Waals surface area contributed by atoms with Crippen LogP contribution in [0.2, 0.25) is 0 Å². The Morgan fingerprint density at radius 2 is 1.79 bits per heavy atom. The van der Waals surface area contributed by atoms with E-state index in [0.29, 0.717) is 12.2 Å². The number of benzene rings is 1. The predicted octanol–water partition coefficient (Wildman–Crippen LogP) is 3.75. The molecule has 0 saturated heterocycles. The fraction of sp³-hybridized carbons (Fsp3) is 0.560. The van der Waals surface area contributed by atoms with E-state index in [-0.39, 0.29) is 24.3 Å². The summed E-state index contributed by atoms with van der Waals surface area (Å²) in [5.41, 5.74) is 0.310. The largest absolute Gasteiger partial charge is 0.444 e. The van der Waals surface area contributed by atoms with Crippen LogP contribution in [0, 0.1) is 11.8 Å². The van der Waals surface area contributed by atoms with Gasteiger partial charge in [-0.3, -0.25) is 4.79 Å². The molecule has 0 aliphatic heterocycles. The monoisotopic (exact) mass is 458 g/mol. The second-order valence-electron chi connectivity index (χ2n) is 9.85. The molecule has 182 valence electrons. The number of carbonyl (C=O) groups excluding carboxylic acids is 2. The predicted molar refractivity (Wildman–Crippen MR) is 127 cm³/mol. The van der Waals surface area contributed by atoms with Gasteiger partial charge in [-0.25, -0.2) is 9.78 Å². The summed E-state index contributed by atoms with van der Waals surface area (Å²) >= 11 is 0. The molecule has 33 heavy (non-hydrogen) atoms. The molecule has 2 amide bonds. The summed E-state index contributed by atoms with van der Waals surface area (Å²) in [7, 11) is 0. The van der Waals surface area contributed by atoms with Crippen molar-refractivity contribution in [3.8, 4) is 0 Å². The fourth-order valence-corrected chi connectivity index (χ4v) is 3.54. The Kier molecular flexibility index (Phi) is 9.46. The van der Waals surface area contributed by atoms with Gasteiger partial charge in [0.15, 0.2) is 0 Å². The molecule has 0 bridgehead atoms. The van der Waals surface area contributed by atoms with Crippen LogP contribution in [0.4, 0.5) is 4.79 Å².